The van der Waals surface area contributed by atoms with Crippen LogP contribution in [0.1, 0.15) is 55.7 Å². The van der Waals surface area contributed by atoms with Gasteiger partial charge in [0.1, 0.15) is 0 Å². The highest BCUT2D eigenvalue weighted by molar-refractivity contribution is 5.00. The second-order valence-electron chi connectivity index (χ2n) is 4.65. The second kappa shape index (κ2) is 3.93. The summed E-state index contributed by atoms with van der Waals surface area (Å²) in [6.07, 6.45) is 6.16. The van der Waals surface area contributed by atoms with Crippen molar-refractivity contribution >= 4 is 0 Å². The fourth-order valence-electron chi connectivity index (χ4n) is 2.29. The highest BCUT2D eigenvalue weighted by atomic mass is 16.4. The summed E-state index contributed by atoms with van der Waals surface area (Å²) in [5, 5.41) is 11.7. The van der Waals surface area contributed by atoms with Gasteiger partial charge in [0.2, 0.25) is 11.8 Å². The summed E-state index contributed by atoms with van der Waals surface area (Å²) in [6.45, 7) is 2.12. The maximum absolute atomic E-state index is 5.76. The lowest BCUT2D eigenvalue weighted by Crippen LogP contribution is -2.28. The number of hydrogen-bond donors (Lipinski definition) is 1. The third-order valence-electron chi connectivity index (χ3n) is 3.56. The van der Waals surface area contributed by atoms with Gasteiger partial charge in [0.15, 0.2) is 0 Å². The van der Waals surface area contributed by atoms with Crippen LogP contribution >= 0.6 is 0 Å². The van der Waals surface area contributed by atoms with E-state index in [4.69, 9.17) is 4.42 Å². The van der Waals surface area contributed by atoms with Crippen molar-refractivity contribution in [2.24, 2.45) is 0 Å². The van der Waals surface area contributed by atoms with Gasteiger partial charge in [-0.2, -0.15) is 0 Å². The standard InChI is InChI=1S/C11H17N3O/c1-3-8(4-1)10-13-14-11(15-10)9-5-2-6-12-7-9/h8-9,12H,1-7H2/t9-/m1/s1. The van der Waals surface area contributed by atoms with Crippen LogP contribution in [0.15, 0.2) is 4.42 Å². The molecule has 1 atom stereocenters. The summed E-state index contributed by atoms with van der Waals surface area (Å²) in [6, 6.07) is 0. The molecule has 0 radical (unpaired) electrons. The molecule has 0 spiro atoms. The summed E-state index contributed by atoms with van der Waals surface area (Å²) in [7, 11) is 0. The van der Waals surface area contributed by atoms with Gasteiger partial charge in [0, 0.05) is 18.4 Å². The fourth-order valence-corrected chi connectivity index (χ4v) is 2.29. The molecule has 1 aliphatic carbocycles. The fraction of sp³-hybridized carbons (Fsp3) is 0.818. The molecule has 0 amide bonds. The van der Waals surface area contributed by atoms with Crippen molar-refractivity contribution in [2.45, 2.75) is 43.9 Å². The van der Waals surface area contributed by atoms with Gasteiger partial charge < -0.3 is 9.73 Å². The zero-order chi connectivity index (χ0) is 10.1. The Hall–Kier alpha value is -0.900. The lowest BCUT2D eigenvalue weighted by molar-refractivity contribution is 0.305. The predicted octanol–water partition coefficient (Wildman–Crippen LogP) is 1.80. The summed E-state index contributed by atoms with van der Waals surface area (Å²) in [5.74, 6) is 2.73. The normalized spacial score (nSPS) is 27.6. The lowest BCUT2D eigenvalue weighted by atomic mass is 9.85. The maximum atomic E-state index is 5.76. The van der Waals surface area contributed by atoms with E-state index in [1.54, 1.807) is 0 Å². The molecule has 2 heterocycles. The Labute approximate surface area is 89.5 Å². The summed E-state index contributed by atoms with van der Waals surface area (Å²) in [5.41, 5.74) is 0. The molecular formula is C11H17N3O. The zero-order valence-electron chi connectivity index (χ0n) is 8.91. The van der Waals surface area contributed by atoms with E-state index in [-0.39, 0.29) is 0 Å². The first-order valence-electron chi connectivity index (χ1n) is 5.97. The second-order valence-corrected chi connectivity index (χ2v) is 4.65. The van der Waals surface area contributed by atoms with Gasteiger partial charge in [0.05, 0.1) is 0 Å². The topological polar surface area (TPSA) is 51.0 Å². The summed E-state index contributed by atoms with van der Waals surface area (Å²) >= 11 is 0. The summed E-state index contributed by atoms with van der Waals surface area (Å²) in [4.78, 5) is 0. The SMILES string of the molecule is C1CC(c2nnc([C@@H]3CCCNC3)o2)C1. The minimum atomic E-state index is 0.445. The van der Waals surface area contributed by atoms with E-state index in [2.05, 4.69) is 15.5 Å². The minimum Gasteiger partial charge on any atom is -0.425 e. The van der Waals surface area contributed by atoms with E-state index in [0.717, 1.165) is 24.9 Å². The number of nitrogens with one attached hydrogen (secondary N) is 1. The van der Waals surface area contributed by atoms with Crippen LogP contribution in [0.4, 0.5) is 0 Å². The average Bonchev–Trinajstić information content (AvgIpc) is 2.66. The third-order valence-corrected chi connectivity index (χ3v) is 3.56. The highest BCUT2D eigenvalue weighted by Gasteiger charge is 2.27. The zero-order valence-corrected chi connectivity index (χ0v) is 8.91. The van der Waals surface area contributed by atoms with Gasteiger partial charge in [-0.3, -0.25) is 0 Å². The first-order chi connectivity index (χ1) is 7.43. The number of piperidine rings is 1. The van der Waals surface area contributed by atoms with Gasteiger partial charge in [0.25, 0.3) is 0 Å². The Morgan fingerprint density at radius 1 is 1.00 bits per heavy atom. The van der Waals surface area contributed by atoms with Crippen molar-refractivity contribution in [3.05, 3.63) is 11.8 Å². The number of rotatable bonds is 2. The van der Waals surface area contributed by atoms with Crippen molar-refractivity contribution in [3.8, 4) is 0 Å². The quantitative estimate of drug-likeness (QED) is 0.803. The molecule has 82 valence electrons. The van der Waals surface area contributed by atoms with E-state index in [1.165, 1.54) is 32.1 Å². The molecule has 1 aromatic rings. The van der Waals surface area contributed by atoms with E-state index >= 15 is 0 Å². The van der Waals surface area contributed by atoms with Crippen LogP contribution in [0, 0.1) is 0 Å². The van der Waals surface area contributed by atoms with Gasteiger partial charge in [-0.25, -0.2) is 0 Å². The van der Waals surface area contributed by atoms with Crippen molar-refractivity contribution in [1.82, 2.24) is 15.5 Å². The number of hydrogen-bond acceptors (Lipinski definition) is 4. The molecule has 1 saturated carbocycles. The molecule has 0 unspecified atom stereocenters. The van der Waals surface area contributed by atoms with Crippen LogP contribution in [-0.2, 0) is 0 Å². The molecule has 1 N–H and O–H groups in total. The third kappa shape index (κ3) is 1.78. The van der Waals surface area contributed by atoms with Crippen LogP contribution in [0.5, 0.6) is 0 Å². The van der Waals surface area contributed by atoms with Crippen LogP contribution in [-0.4, -0.2) is 23.3 Å². The first-order valence-corrected chi connectivity index (χ1v) is 5.97. The Morgan fingerprint density at radius 3 is 2.33 bits per heavy atom. The Morgan fingerprint density at radius 2 is 1.73 bits per heavy atom. The van der Waals surface area contributed by atoms with Gasteiger partial charge >= 0.3 is 0 Å². The minimum absolute atomic E-state index is 0.445. The Balaban J connectivity index is 1.71. The van der Waals surface area contributed by atoms with Crippen LogP contribution in [0.3, 0.4) is 0 Å². The monoisotopic (exact) mass is 207 g/mol. The molecule has 3 rings (SSSR count). The molecule has 1 aliphatic heterocycles. The molecule has 1 aromatic heterocycles. The molecule has 2 fully saturated rings. The van der Waals surface area contributed by atoms with Gasteiger partial charge in [-0.1, -0.05) is 6.42 Å². The van der Waals surface area contributed by atoms with Crippen molar-refractivity contribution in [2.75, 3.05) is 13.1 Å². The largest absolute Gasteiger partial charge is 0.425 e. The maximum Gasteiger partial charge on any atom is 0.220 e. The Bertz CT molecular complexity index is 326. The molecule has 4 heteroatoms. The van der Waals surface area contributed by atoms with E-state index in [9.17, 15) is 0 Å². The van der Waals surface area contributed by atoms with Crippen molar-refractivity contribution in [3.63, 3.8) is 0 Å². The average molecular weight is 207 g/mol. The predicted molar refractivity (Wildman–Crippen MR) is 55.7 cm³/mol. The highest BCUT2D eigenvalue weighted by Crippen LogP contribution is 2.36. The van der Waals surface area contributed by atoms with E-state index in [0.29, 0.717) is 11.8 Å². The number of nitrogens with zero attached hydrogens (tertiary/aromatic N) is 2. The lowest BCUT2D eigenvalue weighted by Gasteiger charge is -2.21. The summed E-state index contributed by atoms with van der Waals surface area (Å²) < 4.78 is 5.76. The molecule has 4 nitrogen and oxygen atoms in total. The molecule has 2 aliphatic rings. The van der Waals surface area contributed by atoms with Gasteiger partial charge in [-0.15, -0.1) is 10.2 Å². The van der Waals surface area contributed by atoms with Crippen molar-refractivity contribution in [1.29, 1.82) is 0 Å². The van der Waals surface area contributed by atoms with Crippen LogP contribution in [0.2, 0.25) is 0 Å². The molecule has 15 heavy (non-hydrogen) atoms. The molecular weight excluding hydrogens is 190 g/mol. The van der Waals surface area contributed by atoms with Crippen LogP contribution < -0.4 is 5.32 Å². The first kappa shape index (κ1) is 9.33. The van der Waals surface area contributed by atoms with Crippen LogP contribution in [0.25, 0.3) is 0 Å². The molecule has 0 bridgehead atoms. The molecule has 0 aromatic carbocycles. The van der Waals surface area contributed by atoms with Gasteiger partial charge in [-0.05, 0) is 32.2 Å². The smallest absolute Gasteiger partial charge is 0.220 e. The molecule has 1 saturated heterocycles. The van der Waals surface area contributed by atoms with E-state index < -0.39 is 0 Å². The van der Waals surface area contributed by atoms with E-state index in [1.807, 2.05) is 0 Å². The van der Waals surface area contributed by atoms with Crippen molar-refractivity contribution < 1.29 is 4.42 Å². The Kier molecular flexibility index (Phi) is 2.44. The number of aromatic nitrogens is 2.